The minimum Gasteiger partial charge on any atom is -0.550 e. The summed E-state index contributed by atoms with van der Waals surface area (Å²) < 4.78 is 16.4. The summed E-state index contributed by atoms with van der Waals surface area (Å²) in [6, 6.07) is 5.63. The smallest absolute Gasteiger partial charge is 0.229 e. The first-order valence-electron chi connectivity index (χ1n) is 8.57. The zero-order chi connectivity index (χ0) is 18.5. The predicted molar refractivity (Wildman–Crippen MR) is 88.6 cm³/mol. The number of hydrogen-bond donors (Lipinski definition) is 0. The molecule has 3 aliphatic rings. The van der Waals surface area contributed by atoms with Gasteiger partial charge in [-0.2, -0.15) is 0 Å². The van der Waals surface area contributed by atoms with Crippen LogP contribution in [0.25, 0.3) is 0 Å². The molecule has 0 aliphatic carbocycles. The molecule has 3 aliphatic heterocycles. The summed E-state index contributed by atoms with van der Waals surface area (Å²) >= 11 is 0. The van der Waals surface area contributed by atoms with Gasteiger partial charge in [-0.1, -0.05) is 18.2 Å². The second kappa shape index (κ2) is 6.02. The van der Waals surface area contributed by atoms with Gasteiger partial charge in [0.1, 0.15) is 5.60 Å². The Labute approximate surface area is 151 Å². The number of carbonyl (C=O) groups is 2. The minimum atomic E-state index is -1.22. The zero-order valence-electron chi connectivity index (χ0n) is 14.6. The van der Waals surface area contributed by atoms with Crippen LogP contribution < -0.4 is 14.6 Å². The van der Waals surface area contributed by atoms with E-state index in [0.717, 1.165) is 5.56 Å². The molecular formula is C19H20NO6-. The normalized spacial score (nSPS) is 31.4. The fourth-order valence-corrected chi connectivity index (χ4v) is 4.34. The Kier molecular flexibility index (Phi) is 3.91. The molecule has 2 fully saturated rings. The number of nitrogens with zero attached hydrogens (tertiary/aromatic N) is 1. The molecule has 0 N–H and O–H groups in total. The highest BCUT2D eigenvalue weighted by molar-refractivity contribution is 5.90. The van der Waals surface area contributed by atoms with Crippen molar-refractivity contribution >= 4 is 11.9 Å². The standard InChI is InChI=1S/C19H21NO6/c1-24-12-4-3-11(9-14(12)25-2)6-8-20-10-19-7-5-13(26-19)15(18(22)23)16(19)17(20)21/h3-5,7,9,13,15-16H,6,8,10H2,1-2H3,(H,22,23)/p-1/t13-,15-,16+,19-/m1/s1. The van der Waals surface area contributed by atoms with Gasteiger partial charge < -0.3 is 29.0 Å². The zero-order valence-corrected chi connectivity index (χ0v) is 14.6. The Balaban J connectivity index is 1.48. The molecule has 1 aromatic carbocycles. The molecular weight excluding hydrogens is 338 g/mol. The van der Waals surface area contributed by atoms with Crippen molar-refractivity contribution in [2.45, 2.75) is 18.1 Å². The third-order valence-corrected chi connectivity index (χ3v) is 5.57. The molecule has 1 spiro atoms. The van der Waals surface area contributed by atoms with Gasteiger partial charge >= 0.3 is 0 Å². The average Bonchev–Trinajstić information content (AvgIpc) is 3.27. The average molecular weight is 358 g/mol. The number of likely N-dealkylation sites (tertiary alicyclic amines) is 1. The second-order valence-corrected chi connectivity index (χ2v) is 6.92. The lowest BCUT2D eigenvalue weighted by Crippen LogP contribution is -2.45. The number of hydrogen-bond acceptors (Lipinski definition) is 6. The van der Waals surface area contributed by atoms with E-state index in [4.69, 9.17) is 14.2 Å². The van der Waals surface area contributed by atoms with Gasteiger partial charge in [0.2, 0.25) is 5.91 Å². The van der Waals surface area contributed by atoms with Crippen LogP contribution in [0.4, 0.5) is 0 Å². The van der Waals surface area contributed by atoms with E-state index in [-0.39, 0.29) is 5.91 Å². The maximum absolute atomic E-state index is 12.8. The van der Waals surface area contributed by atoms with Crippen LogP contribution in [0, 0.1) is 11.8 Å². The first-order valence-corrected chi connectivity index (χ1v) is 8.57. The summed E-state index contributed by atoms with van der Waals surface area (Å²) in [5, 5.41) is 11.5. The van der Waals surface area contributed by atoms with Gasteiger partial charge in [-0.15, -0.1) is 0 Å². The van der Waals surface area contributed by atoms with Gasteiger partial charge in [-0.05, 0) is 24.1 Å². The van der Waals surface area contributed by atoms with E-state index >= 15 is 0 Å². The van der Waals surface area contributed by atoms with Gasteiger partial charge in [-0.25, -0.2) is 0 Å². The highest BCUT2D eigenvalue weighted by Crippen LogP contribution is 2.51. The van der Waals surface area contributed by atoms with Crippen LogP contribution in [0.5, 0.6) is 11.5 Å². The van der Waals surface area contributed by atoms with Crippen LogP contribution in [0.15, 0.2) is 30.4 Å². The monoisotopic (exact) mass is 358 g/mol. The molecule has 7 nitrogen and oxygen atoms in total. The number of aliphatic carboxylic acids is 1. The lowest BCUT2D eigenvalue weighted by atomic mass is 9.77. The molecule has 4 rings (SSSR count). The molecule has 0 aromatic heterocycles. The van der Waals surface area contributed by atoms with E-state index in [1.165, 1.54) is 0 Å². The minimum absolute atomic E-state index is 0.175. The summed E-state index contributed by atoms with van der Waals surface area (Å²) in [6.45, 7) is 0.856. The van der Waals surface area contributed by atoms with E-state index in [1.807, 2.05) is 24.3 Å². The molecule has 2 bridgehead atoms. The molecule has 7 heteroatoms. The molecule has 26 heavy (non-hydrogen) atoms. The van der Waals surface area contributed by atoms with Crippen LogP contribution in [-0.2, 0) is 20.7 Å². The Hall–Kier alpha value is -2.54. The number of carboxylic acid groups (broad SMARTS) is 1. The fraction of sp³-hybridized carbons (Fsp3) is 0.474. The Morgan fingerprint density at radius 3 is 2.81 bits per heavy atom. The molecule has 1 amide bonds. The number of carbonyl (C=O) groups excluding carboxylic acids is 2. The van der Waals surface area contributed by atoms with Crippen molar-refractivity contribution in [2.24, 2.45) is 11.8 Å². The van der Waals surface area contributed by atoms with E-state index in [1.54, 1.807) is 25.2 Å². The lowest BCUT2D eigenvalue weighted by Gasteiger charge is -2.24. The summed E-state index contributed by atoms with van der Waals surface area (Å²) in [6.07, 6.45) is 3.65. The number of benzene rings is 1. The number of fused-ring (bicyclic) bond motifs is 1. The van der Waals surface area contributed by atoms with Crippen LogP contribution >= 0.6 is 0 Å². The lowest BCUT2D eigenvalue weighted by molar-refractivity contribution is -0.313. The van der Waals surface area contributed by atoms with Gasteiger partial charge in [-0.3, -0.25) is 4.79 Å². The molecule has 0 radical (unpaired) electrons. The molecule has 4 atom stereocenters. The largest absolute Gasteiger partial charge is 0.550 e. The van der Waals surface area contributed by atoms with Crippen LogP contribution in [0.3, 0.4) is 0 Å². The summed E-state index contributed by atoms with van der Waals surface area (Å²) in [4.78, 5) is 26.0. The molecule has 0 saturated carbocycles. The number of carboxylic acids is 1. The number of amides is 1. The summed E-state index contributed by atoms with van der Waals surface area (Å²) in [7, 11) is 3.15. The van der Waals surface area contributed by atoms with Gasteiger partial charge in [0.05, 0.1) is 32.8 Å². The SMILES string of the molecule is COc1ccc(CCN2C[C@@]34C=C[C@@H](O3)[C@@H](C(=O)[O-])[C@H]4C2=O)cc1OC. The first-order chi connectivity index (χ1) is 12.5. The fourth-order valence-electron chi connectivity index (χ4n) is 4.34. The first kappa shape index (κ1) is 16.9. The molecule has 3 heterocycles. The van der Waals surface area contributed by atoms with Crippen LogP contribution in [-0.4, -0.2) is 55.8 Å². The molecule has 1 aromatic rings. The Morgan fingerprint density at radius 2 is 2.12 bits per heavy atom. The Morgan fingerprint density at radius 1 is 1.35 bits per heavy atom. The van der Waals surface area contributed by atoms with Gasteiger partial charge in [0.25, 0.3) is 0 Å². The maximum atomic E-state index is 12.8. The number of methoxy groups -OCH3 is 2. The number of rotatable bonds is 6. The van der Waals surface area contributed by atoms with E-state index in [9.17, 15) is 14.7 Å². The highest BCUT2D eigenvalue weighted by Gasteiger charge is 2.65. The third kappa shape index (κ3) is 2.38. The van der Waals surface area contributed by atoms with Gasteiger partial charge in [0.15, 0.2) is 11.5 Å². The highest BCUT2D eigenvalue weighted by atomic mass is 16.5. The molecule has 0 unspecified atom stereocenters. The molecule has 2 saturated heterocycles. The topological polar surface area (TPSA) is 88.1 Å². The predicted octanol–water partition coefficient (Wildman–Crippen LogP) is -0.222. The van der Waals surface area contributed by atoms with Crippen molar-refractivity contribution in [3.63, 3.8) is 0 Å². The van der Waals surface area contributed by atoms with Crippen molar-refractivity contribution in [1.82, 2.24) is 4.90 Å². The third-order valence-electron chi connectivity index (χ3n) is 5.57. The van der Waals surface area contributed by atoms with Crippen molar-refractivity contribution in [3.05, 3.63) is 35.9 Å². The van der Waals surface area contributed by atoms with Gasteiger partial charge in [0, 0.05) is 18.4 Å². The van der Waals surface area contributed by atoms with Crippen LogP contribution in [0.2, 0.25) is 0 Å². The van der Waals surface area contributed by atoms with Crippen molar-refractivity contribution < 1.29 is 28.9 Å². The van der Waals surface area contributed by atoms with Crippen LogP contribution in [0.1, 0.15) is 5.56 Å². The summed E-state index contributed by atoms with van der Waals surface area (Å²) in [5.41, 5.74) is 0.187. The van der Waals surface area contributed by atoms with E-state index < -0.39 is 29.5 Å². The van der Waals surface area contributed by atoms with E-state index in [0.29, 0.717) is 31.0 Å². The van der Waals surface area contributed by atoms with Crippen molar-refractivity contribution in [1.29, 1.82) is 0 Å². The number of ether oxygens (including phenoxy) is 3. The van der Waals surface area contributed by atoms with Crippen molar-refractivity contribution in [3.8, 4) is 11.5 Å². The maximum Gasteiger partial charge on any atom is 0.229 e. The second-order valence-electron chi connectivity index (χ2n) is 6.92. The van der Waals surface area contributed by atoms with Crippen molar-refractivity contribution in [2.75, 3.05) is 27.3 Å². The molecule has 138 valence electrons. The summed E-state index contributed by atoms with van der Waals surface area (Å²) in [5.74, 6) is -1.70. The van der Waals surface area contributed by atoms with E-state index in [2.05, 4.69) is 0 Å². The Bertz CT molecular complexity index is 790. The quantitative estimate of drug-likeness (QED) is 0.653.